The van der Waals surface area contributed by atoms with Crippen LogP contribution in [0, 0.1) is 5.92 Å². The molecule has 1 unspecified atom stereocenters. The van der Waals surface area contributed by atoms with E-state index in [9.17, 15) is 14.7 Å². The van der Waals surface area contributed by atoms with Crippen molar-refractivity contribution in [3.8, 4) is 5.75 Å². The third kappa shape index (κ3) is 6.53. The summed E-state index contributed by atoms with van der Waals surface area (Å²) in [5.41, 5.74) is 2.27. The number of rotatable bonds is 12. The summed E-state index contributed by atoms with van der Waals surface area (Å²) in [5, 5.41) is 19.6. The zero-order valence-electron chi connectivity index (χ0n) is 30.5. The minimum atomic E-state index is -2.39. The number of esters is 1. The minimum absolute atomic E-state index is 0.00558. The number of methoxy groups -OCH3 is 1. The molecule has 53 heavy (non-hydrogen) atoms. The number of β-lactam (4-membered cyclic amide) rings is 1. The van der Waals surface area contributed by atoms with Gasteiger partial charge in [0.1, 0.15) is 5.75 Å². The number of benzene rings is 3. The maximum atomic E-state index is 15.2. The van der Waals surface area contributed by atoms with Gasteiger partial charge in [0.25, 0.3) is 5.91 Å². The van der Waals surface area contributed by atoms with Gasteiger partial charge in [0.15, 0.2) is 11.8 Å². The molecule has 4 aromatic rings. The maximum absolute atomic E-state index is 15.2. The largest absolute Gasteiger partial charge is 0.497 e. The molecule has 12 nitrogen and oxygen atoms in total. The molecule has 0 bridgehead atoms. The second-order valence-electron chi connectivity index (χ2n) is 14.6. The van der Waals surface area contributed by atoms with Gasteiger partial charge in [0.2, 0.25) is 5.91 Å². The van der Waals surface area contributed by atoms with E-state index in [0.717, 1.165) is 22.6 Å². The summed E-state index contributed by atoms with van der Waals surface area (Å²) in [6.07, 6.45) is 2.01. The van der Waals surface area contributed by atoms with Crippen LogP contribution in [0.2, 0.25) is 23.7 Å². The van der Waals surface area contributed by atoms with Gasteiger partial charge in [0, 0.05) is 54.9 Å². The lowest BCUT2D eigenvalue weighted by atomic mass is 9.82. The van der Waals surface area contributed by atoms with Crippen molar-refractivity contribution in [2.24, 2.45) is 5.92 Å². The van der Waals surface area contributed by atoms with E-state index in [-0.39, 0.29) is 48.9 Å². The molecular formula is C39H44ClN5O7Si. The molecule has 4 heterocycles. The highest BCUT2D eigenvalue weighted by molar-refractivity contribution is 6.91. The molecule has 0 saturated carbocycles. The fraction of sp³-hybridized carbons (Fsp3) is 0.410. The number of hydrogen-bond donors (Lipinski definition) is 1. The molecule has 14 heteroatoms. The summed E-state index contributed by atoms with van der Waals surface area (Å²) < 4.78 is 19.8. The highest BCUT2D eigenvalue weighted by Gasteiger charge is 2.66. The van der Waals surface area contributed by atoms with Crippen molar-refractivity contribution in [3.05, 3.63) is 94.8 Å². The number of amides is 2. The summed E-state index contributed by atoms with van der Waals surface area (Å²) in [4.78, 5) is 42.7. The Labute approximate surface area is 314 Å². The average Bonchev–Trinajstić information content (AvgIpc) is 3.77. The highest BCUT2D eigenvalue weighted by Crippen LogP contribution is 2.60. The minimum Gasteiger partial charge on any atom is -0.497 e. The van der Waals surface area contributed by atoms with Crippen LogP contribution in [0.3, 0.4) is 0 Å². The number of anilines is 2. The summed E-state index contributed by atoms with van der Waals surface area (Å²) >= 11 is 6.69. The lowest BCUT2D eigenvalue weighted by molar-refractivity contribution is -0.154. The third-order valence-electron chi connectivity index (χ3n) is 11.1. The molecule has 5 atom stereocenters. The van der Waals surface area contributed by atoms with E-state index in [2.05, 4.69) is 42.5 Å². The fourth-order valence-corrected chi connectivity index (χ4v) is 12.9. The number of halogens is 1. The van der Waals surface area contributed by atoms with Crippen molar-refractivity contribution in [2.75, 3.05) is 23.5 Å². The van der Waals surface area contributed by atoms with Crippen molar-refractivity contribution >= 4 is 54.0 Å². The van der Waals surface area contributed by atoms with Crippen LogP contribution in [0.5, 0.6) is 5.75 Å². The van der Waals surface area contributed by atoms with Gasteiger partial charge in [-0.25, -0.2) is 0 Å². The molecule has 1 N–H and O–H groups in total. The Kier molecular flexibility index (Phi) is 9.96. The predicted molar refractivity (Wildman–Crippen MR) is 202 cm³/mol. The Balaban J connectivity index is 1.25. The predicted octanol–water partition coefficient (Wildman–Crippen LogP) is 4.95. The quantitative estimate of drug-likeness (QED) is 0.121. The molecule has 3 aliphatic heterocycles. The van der Waals surface area contributed by atoms with Crippen LogP contribution in [-0.2, 0) is 49.0 Å². The molecule has 0 radical (unpaired) electrons. The van der Waals surface area contributed by atoms with Gasteiger partial charge in [-0.1, -0.05) is 66.3 Å². The smallest absolute Gasteiger partial charge is 0.304 e. The molecule has 0 aliphatic carbocycles. The second-order valence-corrected chi connectivity index (χ2v) is 19.8. The van der Waals surface area contributed by atoms with Crippen molar-refractivity contribution in [3.63, 3.8) is 0 Å². The third-order valence-corrected chi connectivity index (χ3v) is 15.7. The number of hydrogen-bond acceptors (Lipinski definition) is 9. The Morgan fingerprint density at radius 3 is 2.58 bits per heavy atom. The molecular weight excluding hydrogens is 714 g/mol. The topological polar surface area (TPSA) is 136 Å². The summed E-state index contributed by atoms with van der Waals surface area (Å²) in [6.45, 7) is 8.86. The van der Waals surface area contributed by atoms with Crippen LogP contribution in [-0.4, -0.2) is 72.0 Å². The molecule has 7 rings (SSSR count). The normalized spacial score (nSPS) is 23.8. The van der Waals surface area contributed by atoms with Gasteiger partial charge in [-0.15, -0.1) is 5.10 Å². The average molecular weight is 758 g/mol. The van der Waals surface area contributed by atoms with Gasteiger partial charge < -0.3 is 24.2 Å². The molecule has 1 aromatic heterocycles. The second kappa shape index (κ2) is 14.3. The standard InChI is InChI=1S/C39H44ClN5O7Si/c1-24-37(53(4,5)31-12-10-30(50-3)11-13-31)34(15-17-43-23-28(16-18-46)41-42-43)52-39(24)32-20-27(40)9-14-33(32)44(38(39)49)22-26-7-6-8-29(19-26)45-35(48)21-36(45)51-25(2)47/h6-14,19-20,23-24,34,36-37,46H,15-18,21-22H2,1-5H3/t24-,34+,36?,37-,39+/m0/s1. The van der Waals surface area contributed by atoms with Crippen molar-refractivity contribution in [1.29, 1.82) is 0 Å². The lowest BCUT2D eigenvalue weighted by Crippen LogP contribution is -2.54. The van der Waals surface area contributed by atoms with Gasteiger partial charge in [0.05, 0.1) is 45.6 Å². The van der Waals surface area contributed by atoms with Crippen LogP contribution < -0.4 is 19.7 Å². The molecule has 278 valence electrons. The van der Waals surface area contributed by atoms with Crippen LogP contribution in [0.4, 0.5) is 11.4 Å². The Hall–Kier alpha value is -4.56. The Bertz CT molecular complexity index is 2040. The Morgan fingerprint density at radius 1 is 1.11 bits per heavy atom. The fourth-order valence-electron chi connectivity index (χ4n) is 8.62. The zero-order chi connectivity index (χ0) is 37.7. The first-order chi connectivity index (χ1) is 25.4. The maximum Gasteiger partial charge on any atom is 0.304 e. The van der Waals surface area contributed by atoms with Gasteiger partial charge >= 0.3 is 5.97 Å². The number of carbonyl (C=O) groups excluding carboxylic acids is 3. The summed E-state index contributed by atoms with van der Waals surface area (Å²) in [5.74, 6) is -0.222. The first kappa shape index (κ1) is 36.8. The number of carbonyl (C=O) groups is 3. The van der Waals surface area contributed by atoms with Gasteiger partial charge in [-0.2, -0.15) is 0 Å². The van der Waals surface area contributed by atoms with E-state index < -0.39 is 25.9 Å². The Morgan fingerprint density at radius 2 is 1.89 bits per heavy atom. The van der Waals surface area contributed by atoms with E-state index in [4.69, 9.17) is 25.8 Å². The van der Waals surface area contributed by atoms with Crippen LogP contribution in [0.1, 0.15) is 43.5 Å². The summed E-state index contributed by atoms with van der Waals surface area (Å²) in [7, 11) is -0.733. The van der Waals surface area contributed by atoms with Crippen LogP contribution in [0.15, 0.2) is 72.9 Å². The molecule has 2 saturated heterocycles. The number of aromatic nitrogens is 3. The van der Waals surface area contributed by atoms with Crippen molar-refractivity contribution < 1.29 is 33.7 Å². The number of aliphatic hydroxyl groups is 1. The monoisotopic (exact) mass is 757 g/mol. The number of aliphatic hydroxyl groups excluding tert-OH is 1. The van der Waals surface area contributed by atoms with Crippen molar-refractivity contribution in [2.45, 2.75) is 82.8 Å². The molecule has 2 amide bonds. The molecule has 2 fully saturated rings. The molecule has 3 aromatic carbocycles. The van der Waals surface area contributed by atoms with Crippen molar-refractivity contribution in [1.82, 2.24) is 15.0 Å². The van der Waals surface area contributed by atoms with Crippen LogP contribution >= 0.6 is 11.6 Å². The van der Waals surface area contributed by atoms with E-state index >= 15 is 4.79 Å². The number of aryl methyl sites for hydroxylation is 1. The lowest BCUT2D eigenvalue weighted by Gasteiger charge is -2.39. The SMILES string of the molecule is COc1ccc([Si](C)(C)[C@@H]2[C@@H](CCn3cc(CCO)nn3)O[C@]3(C(=O)N(Cc4cccc(N5C(=O)CC5OC(C)=O)c4)c4ccc(Cl)cc43)[C@H]2C)cc1. The van der Waals surface area contributed by atoms with E-state index in [1.165, 1.54) is 17.0 Å². The number of nitrogens with zero attached hydrogens (tertiary/aromatic N) is 5. The van der Waals surface area contributed by atoms with Crippen LogP contribution in [0.25, 0.3) is 0 Å². The molecule has 3 aliphatic rings. The summed E-state index contributed by atoms with van der Waals surface area (Å²) in [6, 6.07) is 21.2. The van der Waals surface area contributed by atoms with E-state index in [0.29, 0.717) is 35.8 Å². The highest BCUT2D eigenvalue weighted by atomic mass is 35.5. The zero-order valence-corrected chi connectivity index (χ0v) is 32.2. The number of ether oxygens (including phenoxy) is 3. The molecule has 1 spiro atoms. The first-order valence-electron chi connectivity index (χ1n) is 17.9. The number of fused-ring (bicyclic) bond motifs is 2. The van der Waals surface area contributed by atoms with Gasteiger partial charge in [-0.3, -0.25) is 24.0 Å². The van der Waals surface area contributed by atoms with Gasteiger partial charge in [-0.05, 0) is 60.0 Å². The van der Waals surface area contributed by atoms with E-state index in [1.54, 1.807) is 28.8 Å². The first-order valence-corrected chi connectivity index (χ1v) is 21.3. The van der Waals surface area contributed by atoms with E-state index in [1.807, 2.05) is 48.7 Å².